The number of aromatic nitrogens is 1. The minimum absolute atomic E-state index is 0. The fourth-order valence-electron chi connectivity index (χ4n) is 3.65. The van der Waals surface area contributed by atoms with Crippen molar-refractivity contribution in [2.24, 2.45) is 5.92 Å². The lowest BCUT2D eigenvalue weighted by Gasteiger charge is -2.28. The van der Waals surface area contributed by atoms with Crippen LogP contribution in [-0.2, 0) is 4.79 Å². The number of fused-ring (bicyclic) bond motifs is 1. The molecule has 3 rings (SSSR count). The van der Waals surface area contributed by atoms with Crippen LogP contribution in [0.15, 0.2) is 12.1 Å². The molecule has 0 radical (unpaired) electrons. The summed E-state index contributed by atoms with van der Waals surface area (Å²) in [6.07, 6.45) is 5.67. The van der Waals surface area contributed by atoms with Crippen LogP contribution in [0.3, 0.4) is 0 Å². The molecule has 1 saturated carbocycles. The molecular weight excluding hydrogens is 366 g/mol. The number of carbonyl (C=O) groups excluding carboxylic acids is 1. The number of amides is 1. The minimum atomic E-state index is 0. The van der Waals surface area contributed by atoms with Gasteiger partial charge in [0.25, 0.3) is 0 Å². The fraction of sp³-hybridized carbons (Fsp3) is 0.600. The molecule has 1 aliphatic rings. The minimum Gasteiger partial charge on any atom is -0.308 e. The zero-order valence-electron chi connectivity index (χ0n) is 16.2. The number of nitrogens with zero attached hydrogens (tertiary/aromatic N) is 3. The standard InChI is InChI=1S/C20H29N3OS.ClH/c1-14-12-15(2)18-17(13-14)21-20(25-18)23(11-10-22(3)4)19(24)16-8-6-5-7-9-16;/h12-13,16H,5-11H2,1-4H3;1H. The van der Waals surface area contributed by atoms with E-state index in [1.165, 1.54) is 35.1 Å². The summed E-state index contributed by atoms with van der Waals surface area (Å²) < 4.78 is 1.20. The van der Waals surface area contributed by atoms with Gasteiger partial charge in [-0.25, -0.2) is 4.98 Å². The molecule has 6 heteroatoms. The zero-order chi connectivity index (χ0) is 18.0. The number of hydrogen-bond donors (Lipinski definition) is 0. The maximum absolute atomic E-state index is 13.2. The van der Waals surface area contributed by atoms with Gasteiger partial charge in [0.2, 0.25) is 5.91 Å². The number of aryl methyl sites for hydroxylation is 2. The highest BCUT2D eigenvalue weighted by molar-refractivity contribution is 7.22. The third-order valence-electron chi connectivity index (χ3n) is 5.03. The van der Waals surface area contributed by atoms with E-state index in [4.69, 9.17) is 4.98 Å². The maximum atomic E-state index is 13.2. The molecule has 0 spiro atoms. The van der Waals surface area contributed by atoms with Crippen molar-refractivity contribution < 1.29 is 4.79 Å². The predicted octanol–water partition coefficient (Wildman–Crippen LogP) is 4.81. The summed E-state index contributed by atoms with van der Waals surface area (Å²) in [5.74, 6) is 0.445. The van der Waals surface area contributed by atoms with Gasteiger partial charge in [-0.15, -0.1) is 12.4 Å². The fourth-order valence-corrected chi connectivity index (χ4v) is 4.70. The Morgan fingerprint density at radius 1 is 1.15 bits per heavy atom. The summed E-state index contributed by atoms with van der Waals surface area (Å²) in [6, 6.07) is 4.31. The Balaban J connectivity index is 0.00000243. The van der Waals surface area contributed by atoms with Crippen molar-refractivity contribution in [1.82, 2.24) is 9.88 Å². The van der Waals surface area contributed by atoms with E-state index >= 15 is 0 Å². The highest BCUT2D eigenvalue weighted by Crippen LogP contribution is 2.34. The molecule has 0 saturated heterocycles. The van der Waals surface area contributed by atoms with Crippen molar-refractivity contribution in [3.8, 4) is 0 Å². The average Bonchev–Trinajstić information content (AvgIpc) is 2.99. The molecule has 0 aliphatic heterocycles. The summed E-state index contributed by atoms with van der Waals surface area (Å²) in [5.41, 5.74) is 3.49. The van der Waals surface area contributed by atoms with Crippen LogP contribution >= 0.6 is 23.7 Å². The smallest absolute Gasteiger partial charge is 0.231 e. The molecule has 1 heterocycles. The number of benzene rings is 1. The van der Waals surface area contributed by atoms with Crippen molar-refractivity contribution in [2.45, 2.75) is 46.0 Å². The Labute approximate surface area is 167 Å². The monoisotopic (exact) mass is 395 g/mol. The second kappa shape index (κ2) is 9.16. The number of thiazole rings is 1. The van der Waals surface area contributed by atoms with Crippen LogP contribution in [0.1, 0.15) is 43.2 Å². The highest BCUT2D eigenvalue weighted by atomic mass is 35.5. The quantitative estimate of drug-likeness (QED) is 0.728. The van der Waals surface area contributed by atoms with Crippen molar-refractivity contribution >= 4 is 45.0 Å². The molecule has 0 N–H and O–H groups in total. The first kappa shape index (κ1) is 21.1. The first-order valence-corrected chi connectivity index (χ1v) is 10.1. The van der Waals surface area contributed by atoms with Gasteiger partial charge in [-0.05, 0) is 58.0 Å². The number of likely N-dealkylation sites (N-methyl/N-ethyl adjacent to an activating group) is 1. The molecule has 4 nitrogen and oxygen atoms in total. The maximum Gasteiger partial charge on any atom is 0.231 e. The topological polar surface area (TPSA) is 36.4 Å². The van der Waals surface area contributed by atoms with Crippen LogP contribution in [-0.4, -0.2) is 43.0 Å². The zero-order valence-corrected chi connectivity index (χ0v) is 17.9. The van der Waals surface area contributed by atoms with Gasteiger partial charge in [0.05, 0.1) is 10.2 Å². The van der Waals surface area contributed by atoms with E-state index in [-0.39, 0.29) is 24.2 Å². The Morgan fingerprint density at radius 2 is 1.85 bits per heavy atom. The molecule has 1 aromatic heterocycles. The lowest BCUT2D eigenvalue weighted by atomic mass is 9.88. The van der Waals surface area contributed by atoms with E-state index < -0.39 is 0 Å². The third-order valence-corrected chi connectivity index (χ3v) is 6.26. The number of carbonyl (C=O) groups is 1. The molecule has 2 aromatic rings. The van der Waals surface area contributed by atoms with E-state index in [2.05, 4.69) is 45.0 Å². The van der Waals surface area contributed by atoms with Crippen molar-refractivity contribution in [1.29, 1.82) is 0 Å². The van der Waals surface area contributed by atoms with E-state index in [1.807, 2.05) is 4.90 Å². The number of halogens is 1. The molecular formula is C20H30ClN3OS. The van der Waals surface area contributed by atoms with Crippen LogP contribution in [0.2, 0.25) is 0 Å². The molecule has 144 valence electrons. The van der Waals surface area contributed by atoms with Crippen LogP contribution < -0.4 is 4.90 Å². The van der Waals surface area contributed by atoms with Gasteiger partial charge >= 0.3 is 0 Å². The Bertz CT molecular complexity index is 753. The average molecular weight is 396 g/mol. The van der Waals surface area contributed by atoms with Crippen LogP contribution in [0, 0.1) is 19.8 Å². The molecule has 1 aromatic carbocycles. The molecule has 0 bridgehead atoms. The summed E-state index contributed by atoms with van der Waals surface area (Å²) in [7, 11) is 4.10. The summed E-state index contributed by atoms with van der Waals surface area (Å²) in [4.78, 5) is 22.1. The van der Waals surface area contributed by atoms with Gasteiger partial charge in [-0.3, -0.25) is 9.69 Å². The summed E-state index contributed by atoms with van der Waals surface area (Å²) in [6.45, 7) is 5.79. The lowest BCUT2D eigenvalue weighted by Crippen LogP contribution is -2.41. The largest absolute Gasteiger partial charge is 0.308 e. The third kappa shape index (κ3) is 4.76. The Morgan fingerprint density at radius 3 is 2.50 bits per heavy atom. The van der Waals surface area contributed by atoms with Gasteiger partial charge in [0, 0.05) is 19.0 Å². The molecule has 0 unspecified atom stereocenters. The second-order valence-electron chi connectivity index (χ2n) is 7.55. The van der Waals surface area contributed by atoms with Crippen LogP contribution in [0.4, 0.5) is 5.13 Å². The molecule has 1 amide bonds. The highest BCUT2D eigenvalue weighted by Gasteiger charge is 2.28. The second-order valence-corrected chi connectivity index (χ2v) is 8.53. The number of anilines is 1. The van der Waals surface area contributed by atoms with E-state index in [1.54, 1.807) is 11.3 Å². The first-order valence-electron chi connectivity index (χ1n) is 9.29. The van der Waals surface area contributed by atoms with Gasteiger partial charge in [0.15, 0.2) is 5.13 Å². The molecule has 1 fully saturated rings. The lowest BCUT2D eigenvalue weighted by molar-refractivity contribution is -0.123. The van der Waals surface area contributed by atoms with E-state index in [9.17, 15) is 4.79 Å². The Hall–Kier alpha value is -1.17. The van der Waals surface area contributed by atoms with Crippen LogP contribution in [0.25, 0.3) is 10.2 Å². The molecule has 26 heavy (non-hydrogen) atoms. The van der Waals surface area contributed by atoms with Crippen molar-refractivity contribution in [2.75, 3.05) is 32.1 Å². The van der Waals surface area contributed by atoms with Crippen LogP contribution in [0.5, 0.6) is 0 Å². The van der Waals surface area contributed by atoms with Gasteiger partial charge in [-0.2, -0.15) is 0 Å². The molecule has 0 atom stereocenters. The summed E-state index contributed by atoms with van der Waals surface area (Å²) >= 11 is 1.66. The van der Waals surface area contributed by atoms with Gasteiger partial charge in [0.1, 0.15) is 0 Å². The normalized spacial score (nSPS) is 15.3. The SMILES string of the molecule is Cc1cc(C)c2sc(N(CCN(C)C)C(=O)C3CCCCC3)nc2c1.Cl. The van der Waals surface area contributed by atoms with Gasteiger partial charge < -0.3 is 4.90 Å². The van der Waals surface area contributed by atoms with E-state index in [0.29, 0.717) is 6.54 Å². The number of rotatable bonds is 5. The molecule has 1 aliphatic carbocycles. The van der Waals surface area contributed by atoms with Crippen molar-refractivity contribution in [3.63, 3.8) is 0 Å². The first-order chi connectivity index (χ1) is 12.0. The number of hydrogen-bond acceptors (Lipinski definition) is 4. The van der Waals surface area contributed by atoms with Gasteiger partial charge in [-0.1, -0.05) is 36.7 Å². The van der Waals surface area contributed by atoms with E-state index in [0.717, 1.165) is 30.0 Å². The van der Waals surface area contributed by atoms with Crippen molar-refractivity contribution in [3.05, 3.63) is 23.3 Å². The predicted molar refractivity (Wildman–Crippen MR) is 114 cm³/mol. The summed E-state index contributed by atoms with van der Waals surface area (Å²) in [5, 5.41) is 0.862. The Kier molecular flexibility index (Phi) is 7.44.